The van der Waals surface area contributed by atoms with E-state index in [1.165, 1.54) is 10.4 Å². The van der Waals surface area contributed by atoms with Crippen molar-refractivity contribution in [3.63, 3.8) is 0 Å². The van der Waals surface area contributed by atoms with Crippen molar-refractivity contribution in [2.75, 3.05) is 13.7 Å². The van der Waals surface area contributed by atoms with Crippen molar-refractivity contribution in [1.82, 2.24) is 5.32 Å². The maximum Gasteiger partial charge on any atom is 0.124 e. The summed E-state index contributed by atoms with van der Waals surface area (Å²) in [5, 5.41) is 5.46. The number of thiophene rings is 1. The monoisotopic (exact) mass is 325 g/mol. The van der Waals surface area contributed by atoms with E-state index in [9.17, 15) is 0 Å². The molecule has 0 spiro atoms. The highest BCUT2D eigenvalue weighted by Crippen LogP contribution is 2.34. The molecule has 1 aromatic carbocycles. The summed E-state index contributed by atoms with van der Waals surface area (Å²) in [6.07, 6.45) is 0. The van der Waals surface area contributed by atoms with Gasteiger partial charge >= 0.3 is 0 Å². The molecule has 4 heteroatoms. The number of halogens is 1. The van der Waals surface area contributed by atoms with E-state index in [1.54, 1.807) is 11.3 Å². The van der Waals surface area contributed by atoms with Gasteiger partial charge in [-0.05, 0) is 42.0 Å². The van der Waals surface area contributed by atoms with Gasteiger partial charge in [-0.1, -0.05) is 18.2 Å². The van der Waals surface area contributed by atoms with Gasteiger partial charge in [0.25, 0.3) is 0 Å². The van der Waals surface area contributed by atoms with Gasteiger partial charge in [-0.25, -0.2) is 0 Å². The average Bonchev–Trinajstić information content (AvgIpc) is 2.79. The third kappa shape index (κ3) is 2.94. The number of para-hydroxylation sites is 1. The minimum absolute atomic E-state index is 0.170. The molecule has 1 N–H and O–H groups in total. The van der Waals surface area contributed by atoms with Crippen LogP contribution < -0.4 is 10.1 Å². The topological polar surface area (TPSA) is 21.3 Å². The molecule has 0 fully saturated rings. The third-order valence-electron chi connectivity index (χ3n) is 2.69. The Kier molecular flexibility index (Phi) is 4.80. The van der Waals surface area contributed by atoms with Gasteiger partial charge < -0.3 is 10.1 Å². The second kappa shape index (κ2) is 6.36. The molecule has 96 valence electrons. The van der Waals surface area contributed by atoms with Crippen LogP contribution in [0.3, 0.4) is 0 Å². The summed E-state index contributed by atoms with van der Waals surface area (Å²) in [6.45, 7) is 2.69. The molecule has 0 saturated carbocycles. The summed E-state index contributed by atoms with van der Waals surface area (Å²) in [5.74, 6) is 0.948. The second-order valence-electron chi connectivity index (χ2n) is 3.86. The number of benzene rings is 1. The normalized spacial score (nSPS) is 12.4. The van der Waals surface area contributed by atoms with Gasteiger partial charge in [0.05, 0.1) is 12.6 Å². The largest absolute Gasteiger partial charge is 0.494 e. The quantitative estimate of drug-likeness (QED) is 0.888. The van der Waals surface area contributed by atoms with Crippen LogP contribution in [0.2, 0.25) is 0 Å². The molecule has 0 aliphatic rings. The van der Waals surface area contributed by atoms with Gasteiger partial charge in [-0.2, -0.15) is 0 Å². The Morgan fingerprint density at radius 2 is 2.17 bits per heavy atom. The SMILES string of the molecule is CCOc1ccccc1C(NC)c1cc(Br)cs1. The maximum atomic E-state index is 5.70. The summed E-state index contributed by atoms with van der Waals surface area (Å²) in [7, 11) is 1.97. The van der Waals surface area contributed by atoms with Crippen LogP contribution in [-0.4, -0.2) is 13.7 Å². The van der Waals surface area contributed by atoms with E-state index < -0.39 is 0 Å². The van der Waals surface area contributed by atoms with E-state index in [1.807, 2.05) is 32.2 Å². The molecule has 1 aromatic heterocycles. The smallest absolute Gasteiger partial charge is 0.124 e. The minimum Gasteiger partial charge on any atom is -0.494 e. The van der Waals surface area contributed by atoms with Crippen LogP contribution in [0.25, 0.3) is 0 Å². The standard InChI is InChI=1S/C14H16BrNOS/c1-3-17-12-7-5-4-6-11(12)14(16-2)13-8-10(15)9-18-13/h4-9,14,16H,3H2,1-2H3. The van der Waals surface area contributed by atoms with Crippen LogP contribution in [0.15, 0.2) is 40.2 Å². The van der Waals surface area contributed by atoms with Crippen LogP contribution in [0.5, 0.6) is 5.75 Å². The fraction of sp³-hybridized carbons (Fsp3) is 0.286. The van der Waals surface area contributed by atoms with Crippen molar-refractivity contribution in [3.8, 4) is 5.75 Å². The Bertz CT molecular complexity index is 512. The zero-order valence-electron chi connectivity index (χ0n) is 10.4. The summed E-state index contributed by atoms with van der Waals surface area (Å²) >= 11 is 5.24. The number of rotatable bonds is 5. The van der Waals surface area contributed by atoms with Crippen LogP contribution in [0, 0.1) is 0 Å². The van der Waals surface area contributed by atoms with Gasteiger partial charge in [0.15, 0.2) is 0 Å². The predicted octanol–water partition coefficient (Wildman–Crippen LogP) is 4.22. The average molecular weight is 326 g/mol. The van der Waals surface area contributed by atoms with E-state index in [4.69, 9.17) is 4.74 Å². The summed E-state index contributed by atoms with van der Waals surface area (Å²) in [4.78, 5) is 1.27. The Morgan fingerprint density at radius 3 is 2.78 bits per heavy atom. The highest BCUT2D eigenvalue weighted by atomic mass is 79.9. The third-order valence-corrected chi connectivity index (χ3v) is 4.45. The van der Waals surface area contributed by atoms with Crippen LogP contribution in [-0.2, 0) is 0 Å². The Hall–Kier alpha value is -0.840. The van der Waals surface area contributed by atoms with Gasteiger partial charge in [0.1, 0.15) is 5.75 Å². The Morgan fingerprint density at radius 1 is 1.39 bits per heavy atom. The first-order valence-electron chi connectivity index (χ1n) is 5.89. The molecule has 2 rings (SSSR count). The van der Waals surface area contributed by atoms with E-state index in [0.717, 1.165) is 10.2 Å². The molecular weight excluding hydrogens is 310 g/mol. The van der Waals surface area contributed by atoms with Crippen molar-refractivity contribution in [3.05, 3.63) is 50.6 Å². The van der Waals surface area contributed by atoms with Gasteiger partial charge in [0.2, 0.25) is 0 Å². The lowest BCUT2D eigenvalue weighted by Gasteiger charge is -2.18. The van der Waals surface area contributed by atoms with Crippen LogP contribution in [0.4, 0.5) is 0 Å². The van der Waals surface area contributed by atoms with E-state index >= 15 is 0 Å². The second-order valence-corrected chi connectivity index (χ2v) is 5.72. The number of hydrogen-bond acceptors (Lipinski definition) is 3. The number of ether oxygens (including phenoxy) is 1. The molecule has 0 radical (unpaired) electrons. The lowest BCUT2D eigenvalue weighted by Crippen LogP contribution is -2.17. The van der Waals surface area contributed by atoms with Crippen molar-refractivity contribution < 1.29 is 4.74 Å². The number of nitrogens with one attached hydrogen (secondary N) is 1. The number of hydrogen-bond donors (Lipinski definition) is 1. The molecule has 18 heavy (non-hydrogen) atoms. The summed E-state index contributed by atoms with van der Waals surface area (Å²) in [6, 6.07) is 10.5. The molecule has 2 nitrogen and oxygen atoms in total. The van der Waals surface area contributed by atoms with Crippen LogP contribution in [0.1, 0.15) is 23.4 Å². The van der Waals surface area contributed by atoms with Crippen molar-refractivity contribution in [2.45, 2.75) is 13.0 Å². The fourth-order valence-electron chi connectivity index (χ4n) is 1.94. The molecule has 1 atom stereocenters. The first-order chi connectivity index (χ1) is 8.76. The predicted molar refractivity (Wildman–Crippen MR) is 80.5 cm³/mol. The maximum absolute atomic E-state index is 5.70. The lowest BCUT2D eigenvalue weighted by atomic mass is 10.0. The molecule has 0 amide bonds. The molecule has 0 aliphatic carbocycles. The molecule has 2 aromatic rings. The fourth-order valence-corrected chi connectivity index (χ4v) is 3.51. The van der Waals surface area contributed by atoms with E-state index in [2.05, 4.69) is 38.8 Å². The van der Waals surface area contributed by atoms with E-state index in [0.29, 0.717) is 6.61 Å². The van der Waals surface area contributed by atoms with Gasteiger partial charge in [0, 0.05) is 20.3 Å². The minimum atomic E-state index is 0.170. The van der Waals surface area contributed by atoms with Crippen molar-refractivity contribution in [2.24, 2.45) is 0 Å². The van der Waals surface area contributed by atoms with Crippen LogP contribution >= 0.6 is 27.3 Å². The summed E-state index contributed by atoms with van der Waals surface area (Å²) < 4.78 is 6.82. The van der Waals surface area contributed by atoms with Crippen molar-refractivity contribution in [1.29, 1.82) is 0 Å². The van der Waals surface area contributed by atoms with E-state index in [-0.39, 0.29) is 6.04 Å². The Balaban J connectivity index is 2.38. The molecule has 0 bridgehead atoms. The molecule has 1 unspecified atom stereocenters. The first-order valence-corrected chi connectivity index (χ1v) is 7.56. The van der Waals surface area contributed by atoms with Crippen molar-refractivity contribution >= 4 is 27.3 Å². The summed E-state index contributed by atoms with van der Waals surface area (Å²) in [5.41, 5.74) is 1.18. The lowest BCUT2D eigenvalue weighted by molar-refractivity contribution is 0.334. The van der Waals surface area contributed by atoms with Gasteiger partial charge in [-0.15, -0.1) is 11.3 Å². The molecule has 0 aliphatic heterocycles. The highest BCUT2D eigenvalue weighted by molar-refractivity contribution is 9.10. The first kappa shape index (κ1) is 13.6. The zero-order chi connectivity index (χ0) is 13.0. The van der Waals surface area contributed by atoms with Gasteiger partial charge in [-0.3, -0.25) is 0 Å². The zero-order valence-corrected chi connectivity index (χ0v) is 12.8. The Labute approximate surface area is 120 Å². The highest BCUT2D eigenvalue weighted by Gasteiger charge is 2.17. The molecule has 0 saturated heterocycles. The molecular formula is C14H16BrNOS. The molecule has 1 heterocycles.